The fourth-order valence-electron chi connectivity index (χ4n) is 4.15. The molecule has 0 atom stereocenters. The Balaban J connectivity index is 1.62. The van der Waals surface area contributed by atoms with Gasteiger partial charge in [-0.05, 0) is 12.0 Å². The van der Waals surface area contributed by atoms with E-state index in [2.05, 4.69) is 0 Å². The van der Waals surface area contributed by atoms with Gasteiger partial charge >= 0.3 is 0 Å². The van der Waals surface area contributed by atoms with E-state index in [1.165, 1.54) is 16.2 Å². The first kappa shape index (κ1) is 20.2. The zero-order chi connectivity index (χ0) is 20.9. The maximum absolute atomic E-state index is 13.2. The summed E-state index contributed by atoms with van der Waals surface area (Å²) in [6.45, 7) is 1.35. The van der Waals surface area contributed by atoms with Crippen LogP contribution in [0.3, 0.4) is 0 Å². The molecule has 0 N–H and O–H groups in total. The number of alkyl halides is 2. The molecule has 3 heterocycles. The number of carbonyl (C=O) groups excluding carboxylic acids is 3. The monoisotopic (exact) mass is 427 g/mol. The summed E-state index contributed by atoms with van der Waals surface area (Å²) in [5.41, 5.74) is 1.39. The third-order valence-electron chi connectivity index (χ3n) is 5.79. The maximum atomic E-state index is 13.2. The van der Waals surface area contributed by atoms with E-state index in [0.717, 1.165) is 10.4 Å². The molecule has 1 aromatic heterocycles. The van der Waals surface area contributed by atoms with Crippen molar-refractivity contribution in [1.29, 1.82) is 0 Å². The maximum Gasteiger partial charge on any atom is 0.257 e. The Morgan fingerprint density at radius 2 is 2.00 bits per heavy atom. The molecule has 1 saturated carbocycles. The fourth-order valence-corrected chi connectivity index (χ4v) is 5.55. The van der Waals surface area contributed by atoms with Crippen molar-refractivity contribution in [3.05, 3.63) is 16.0 Å². The molecule has 7 nitrogen and oxygen atoms in total. The Hall–Kier alpha value is -2.07. The predicted octanol–water partition coefficient (Wildman–Crippen LogP) is 1.74. The van der Waals surface area contributed by atoms with E-state index >= 15 is 0 Å². The van der Waals surface area contributed by atoms with Crippen molar-refractivity contribution in [3.8, 4) is 0 Å². The molecule has 0 aromatic carbocycles. The average molecular weight is 427 g/mol. The largest absolute Gasteiger partial charge is 0.383 e. The molecule has 0 saturated heterocycles. The van der Waals surface area contributed by atoms with Crippen molar-refractivity contribution in [1.82, 2.24) is 9.80 Å². The number of carbonyl (C=O) groups is 3. The Morgan fingerprint density at radius 3 is 2.66 bits per heavy atom. The molecule has 3 aliphatic rings. The second-order valence-corrected chi connectivity index (χ2v) is 8.94. The number of ether oxygens (including phenoxy) is 1. The average Bonchev–Trinajstić information content (AvgIpc) is 2.99. The molecule has 0 unspecified atom stereocenters. The smallest absolute Gasteiger partial charge is 0.257 e. The van der Waals surface area contributed by atoms with E-state index in [1.54, 1.807) is 24.0 Å². The Morgan fingerprint density at radius 1 is 1.28 bits per heavy atom. The summed E-state index contributed by atoms with van der Waals surface area (Å²) in [7, 11) is 3.15. The van der Waals surface area contributed by atoms with E-state index in [-0.39, 0.29) is 30.8 Å². The highest BCUT2D eigenvalue weighted by molar-refractivity contribution is 7.17. The van der Waals surface area contributed by atoms with Crippen LogP contribution in [-0.4, -0.2) is 73.8 Å². The van der Waals surface area contributed by atoms with Gasteiger partial charge in [0, 0.05) is 44.3 Å². The van der Waals surface area contributed by atoms with Gasteiger partial charge in [-0.1, -0.05) is 0 Å². The van der Waals surface area contributed by atoms with Crippen LogP contribution in [0.2, 0.25) is 0 Å². The van der Waals surface area contributed by atoms with Gasteiger partial charge in [-0.3, -0.25) is 19.3 Å². The Labute approximate surface area is 171 Å². The Bertz CT molecular complexity index is 864. The molecule has 29 heavy (non-hydrogen) atoms. The molecule has 0 radical (unpaired) electrons. The first-order valence-electron chi connectivity index (χ1n) is 9.57. The summed E-state index contributed by atoms with van der Waals surface area (Å²) >= 11 is 1.34. The molecule has 0 spiro atoms. The quantitative estimate of drug-likeness (QED) is 0.734. The molecule has 158 valence electrons. The highest BCUT2D eigenvalue weighted by atomic mass is 32.1. The highest BCUT2D eigenvalue weighted by Crippen LogP contribution is 2.45. The first-order chi connectivity index (χ1) is 13.7. The van der Waals surface area contributed by atoms with E-state index in [9.17, 15) is 23.2 Å². The van der Waals surface area contributed by atoms with Gasteiger partial charge in [-0.25, -0.2) is 8.78 Å². The molecule has 1 aliphatic carbocycles. The van der Waals surface area contributed by atoms with Gasteiger partial charge in [-0.15, -0.1) is 11.3 Å². The van der Waals surface area contributed by atoms with Crippen LogP contribution in [0.15, 0.2) is 0 Å². The lowest BCUT2D eigenvalue weighted by molar-refractivity contribution is -0.160. The third kappa shape index (κ3) is 3.52. The molecule has 3 amide bonds. The van der Waals surface area contributed by atoms with E-state index in [0.29, 0.717) is 36.7 Å². The van der Waals surface area contributed by atoms with Crippen LogP contribution in [0.5, 0.6) is 0 Å². The van der Waals surface area contributed by atoms with Crippen LogP contribution >= 0.6 is 11.3 Å². The minimum absolute atomic E-state index is 0.000770. The summed E-state index contributed by atoms with van der Waals surface area (Å²) < 4.78 is 31.4. The predicted molar refractivity (Wildman–Crippen MR) is 102 cm³/mol. The lowest BCUT2D eigenvalue weighted by Crippen LogP contribution is -2.48. The Kier molecular flexibility index (Phi) is 5.10. The molecular weight excluding hydrogens is 404 g/mol. The second kappa shape index (κ2) is 7.32. The number of hydrogen-bond acceptors (Lipinski definition) is 5. The number of rotatable bonds is 4. The number of anilines is 1. The van der Waals surface area contributed by atoms with Gasteiger partial charge in [0.2, 0.25) is 17.7 Å². The number of nitrogens with zero attached hydrogens (tertiary/aromatic N) is 3. The number of fused-ring (bicyclic) bond motifs is 3. The summed E-state index contributed by atoms with van der Waals surface area (Å²) in [5, 5.41) is 0.593. The van der Waals surface area contributed by atoms with Crippen molar-refractivity contribution in [2.75, 3.05) is 45.3 Å². The molecule has 10 heteroatoms. The summed E-state index contributed by atoms with van der Waals surface area (Å²) in [6, 6.07) is 0. The van der Waals surface area contributed by atoms with Crippen LogP contribution in [0.25, 0.3) is 0 Å². The van der Waals surface area contributed by atoms with Crippen LogP contribution in [0.4, 0.5) is 13.8 Å². The van der Waals surface area contributed by atoms with Gasteiger partial charge in [0.25, 0.3) is 5.91 Å². The minimum Gasteiger partial charge on any atom is -0.383 e. The van der Waals surface area contributed by atoms with E-state index in [1.807, 2.05) is 0 Å². The normalized spacial score (nSPS) is 21.6. The van der Waals surface area contributed by atoms with Gasteiger partial charge in [0.1, 0.15) is 11.5 Å². The van der Waals surface area contributed by atoms with Crippen molar-refractivity contribution >= 4 is 34.1 Å². The van der Waals surface area contributed by atoms with Crippen molar-refractivity contribution in [3.63, 3.8) is 0 Å². The van der Waals surface area contributed by atoms with Gasteiger partial charge < -0.3 is 14.5 Å². The minimum atomic E-state index is -2.74. The summed E-state index contributed by atoms with van der Waals surface area (Å²) in [4.78, 5) is 43.7. The highest BCUT2D eigenvalue weighted by Gasteiger charge is 2.50. The van der Waals surface area contributed by atoms with Crippen molar-refractivity contribution < 1.29 is 27.9 Å². The number of halogens is 2. The number of likely N-dealkylation sites (N-methyl/N-ethyl adjacent to an activating group) is 1. The van der Waals surface area contributed by atoms with Gasteiger partial charge in [-0.2, -0.15) is 0 Å². The number of thiophene rings is 1. The van der Waals surface area contributed by atoms with Gasteiger partial charge in [0.05, 0.1) is 25.3 Å². The van der Waals surface area contributed by atoms with Crippen LogP contribution < -0.4 is 4.90 Å². The van der Waals surface area contributed by atoms with Gasteiger partial charge in [0.15, 0.2) is 0 Å². The zero-order valence-electron chi connectivity index (χ0n) is 16.4. The summed E-state index contributed by atoms with van der Waals surface area (Å²) in [6.07, 6.45) is -0.306. The van der Waals surface area contributed by atoms with E-state index < -0.39 is 24.7 Å². The zero-order valence-corrected chi connectivity index (χ0v) is 17.2. The fraction of sp³-hybridized carbons (Fsp3) is 0.632. The standard InChI is InChI=1S/C19H23F2N3O4S/c1-22-10-14(25)24(5-6-28-2)18-15(17(22)27)12-3-4-23(9-13(12)29-18)16(26)11-7-19(20,21)8-11/h11H,3-10H2,1-2H3. The van der Waals surface area contributed by atoms with E-state index in [4.69, 9.17) is 4.74 Å². The molecule has 1 aromatic rings. The first-order valence-corrected chi connectivity index (χ1v) is 10.4. The van der Waals surface area contributed by atoms with Crippen LogP contribution in [0, 0.1) is 5.92 Å². The van der Waals surface area contributed by atoms with Crippen LogP contribution in [0.1, 0.15) is 33.6 Å². The van der Waals surface area contributed by atoms with Crippen LogP contribution in [-0.2, 0) is 27.3 Å². The number of methoxy groups -OCH3 is 1. The SMILES string of the molecule is COCCN1C(=O)CN(C)C(=O)c2c1sc1c2CCN(C(=O)C2CC(F)(F)C2)C1. The molecule has 1 fully saturated rings. The summed E-state index contributed by atoms with van der Waals surface area (Å²) in [5.74, 6) is -4.00. The molecule has 0 bridgehead atoms. The number of amides is 3. The van der Waals surface area contributed by atoms with Crippen molar-refractivity contribution in [2.45, 2.75) is 31.7 Å². The molecule has 2 aliphatic heterocycles. The second-order valence-electron chi connectivity index (χ2n) is 7.85. The molecular formula is C19H23F2N3O4S. The lowest BCUT2D eigenvalue weighted by Gasteiger charge is -2.38. The number of hydrogen-bond donors (Lipinski definition) is 0. The third-order valence-corrected chi connectivity index (χ3v) is 7.03. The molecule has 4 rings (SSSR count). The lowest BCUT2D eigenvalue weighted by atomic mass is 9.80. The van der Waals surface area contributed by atoms with Crippen molar-refractivity contribution in [2.24, 2.45) is 5.92 Å². The topological polar surface area (TPSA) is 70.2 Å².